The van der Waals surface area contributed by atoms with Crippen molar-refractivity contribution in [1.82, 2.24) is 4.90 Å². The topological polar surface area (TPSA) is 12.5 Å². The molecule has 2 nitrogen and oxygen atoms in total. The molecule has 0 radical (unpaired) electrons. The fourth-order valence-electron chi connectivity index (χ4n) is 2.85. The summed E-state index contributed by atoms with van der Waals surface area (Å²) in [6.45, 7) is 10.8. The van der Waals surface area contributed by atoms with Crippen LogP contribution in [0.2, 0.25) is 0 Å². The Balaban J connectivity index is 1.86. The van der Waals surface area contributed by atoms with Crippen LogP contribution in [0, 0.1) is 20.8 Å². The number of aryl methyl sites for hydroxylation is 3. The van der Waals surface area contributed by atoms with Gasteiger partial charge < -0.3 is 4.74 Å². The van der Waals surface area contributed by atoms with E-state index in [1.807, 2.05) is 0 Å². The molecule has 0 unspecified atom stereocenters. The molecule has 0 bridgehead atoms. The Bertz CT molecular complexity index is 371. The molecular weight excluding hydrogens is 222 g/mol. The van der Waals surface area contributed by atoms with E-state index in [0.29, 0.717) is 0 Å². The Morgan fingerprint density at radius 3 is 2.22 bits per heavy atom. The summed E-state index contributed by atoms with van der Waals surface area (Å²) in [6, 6.07) is 4.40. The van der Waals surface area contributed by atoms with Gasteiger partial charge >= 0.3 is 0 Å². The fraction of sp³-hybridized carbons (Fsp3) is 0.625. The SMILES string of the molecule is Cc1cc(C)c(OCCN2CCCCC2)c(C)c1. The lowest BCUT2D eigenvalue weighted by Gasteiger charge is -2.26. The molecule has 0 aliphatic carbocycles. The highest BCUT2D eigenvalue weighted by molar-refractivity contribution is 5.42. The van der Waals surface area contributed by atoms with Gasteiger partial charge in [0.2, 0.25) is 0 Å². The molecule has 1 saturated heterocycles. The van der Waals surface area contributed by atoms with Gasteiger partial charge in [-0.2, -0.15) is 0 Å². The van der Waals surface area contributed by atoms with Crippen LogP contribution in [0.25, 0.3) is 0 Å². The molecule has 1 aromatic carbocycles. The van der Waals surface area contributed by atoms with Gasteiger partial charge in [0, 0.05) is 6.54 Å². The quantitative estimate of drug-likeness (QED) is 0.807. The molecule has 1 aliphatic heterocycles. The van der Waals surface area contributed by atoms with Crippen LogP contribution in [0.5, 0.6) is 5.75 Å². The van der Waals surface area contributed by atoms with Crippen molar-refractivity contribution in [2.45, 2.75) is 40.0 Å². The highest BCUT2D eigenvalue weighted by Crippen LogP contribution is 2.24. The number of rotatable bonds is 4. The zero-order chi connectivity index (χ0) is 13.0. The van der Waals surface area contributed by atoms with E-state index >= 15 is 0 Å². The van der Waals surface area contributed by atoms with Gasteiger partial charge in [0.1, 0.15) is 12.4 Å². The largest absolute Gasteiger partial charge is 0.492 e. The molecule has 1 heterocycles. The normalized spacial score (nSPS) is 16.8. The third kappa shape index (κ3) is 3.49. The zero-order valence-corrected chi connectivity index (χ0v) is 12.0. The smallest absolute Gasteiger partial charge is 0.125 e. The summed E-state index contributed by atoms with van der Waals surface area (Å²) in [5.74, 6) is 1.08. The summed E-state index contributed by atoms with van der Waals surface area (Å²) >= 11 is 0. The maximum atomic E-state index is 5.98. The third-order valence-electron chi connectivity index (χ3n) is 3.71. The lowest BCUT2D eigenvalue weighted by molar-refractivity contribution is 0.182. The van der Waals surface area contributed by atoms with Crippen LogP contribution in [-0.2, 0) is 0 Å². The molecule has 0 atom stereocenters. The average Bonchev–Trinajstić information content (AvgIpc) is 2.34. The molecule has 2 heteroatoms. The number of nitrogens with zero attached hydrogens (tertiary/aromatic N) is 1. The van der Waals surface area contributed by atoms with Gasteiger partial charge in [0.05, 0.1) is 0 Å². The van der Waals surface area contributed by atoms with Gasteiger partial charge in [-0.3, -0.25) is 4.90 Å². The van der Waals surface area contributed by atoms with Crippen LogP contribution in [0.3, 0.4) is 0 Å². The van der Waals surface area contributed by atoms with Crippen molar-refractivity contribution < 1.29 is 4.74 Å². The molecule has 1 aromatic rings. The van der Waals surface area contributed by atoms with Crippen molar-refractivity contribution in [3.63, 3.8) is 0 Å². The Labute approximate surface area is 111 Å². The second-order valence-corrected chi connectivity index (χ2v) is 5.48. The van der Waals surface area contributed by atoms with Crippen LogP contribution >= 0.6 is 0 Å². The molecule has 0 amide bonds. The Kier molecular flexibility index (Phi) is 4.65. The van der Waals surface area contributed by atoms with Crippen molar-refractivity contribution in [2.24, 2.45) is 0 Å². The molecule has 0 saturated carbocycles. The number of benzene rings is 1. The average molecular weight is 247 g/mol. The molecule has 0 aromatic heterocycles. The first-order valence-corrected chi connectivity index (χ1v) is 7.10. The van der Waals surface area contributed by atoms with Crippen molar-refractivity contribution in [1.29, 1.82) is 0 Å². The van der Waals surface area contributed by atoms with Crippen LogP contribution in [-0.4, -0.2) is 31.1 Å². The molecule has 2 rings (SSSR count). The zero-order valence-electron chi connectivity index (χ0n) is 12.0. The van der Waals surface area contributed by atoms with Gasteiger partial charge in [-0.05, 0) is 57.8 Å². The van der Waals surface area contributed by atoms with E-state index in [-0.39, 0.29) is 0 Å². The second kappa shape index (κ2) is 6.24. The molecule has 1 aliphatic rings. The van der Waals surface area contributed by atoms with Gasteiger partial charge in [-0.25, -0.2) is 0 Å². The van der Waals surface area contributed by atoms with Crippen LogP contribution < -0.4 is 4.74 Å². The Morgan fingerprint density at radius 2 is 1.61 bits per heavy atom. The van der Waals surface area contributed by atoms with Crippen molar-refractivity contribution in [3.05, 3.63) is 28.8 Å². The van der Waals surface area contributed by atoms with E-state index in [9.17, 15) is 0 Å². The predicted molar refractivity (Wildman–Crippen MR) is 76.4 cm³/mol. The molecule has 100 valence electrons. The van der Waals surface area contributed by atoms with E-state index in [4.69, 9.17) is 4.74 Å². The number of piperidine rings is 1. The first kappa shape index (κ1) is 13.4. The number of ether oxygens (including phenoxy) is 1. The second-order valence-electron chi connectivity index (χ2n) is 5.48. The molecule has 1 fully saturated rings. The standard InChI is InChI=1S/C16H25NO/c1-13-11-14(2)16(15(3)12-13)18-10-9-17-7-5-4-6-8-17/h11-12H,4-10H2,1-3H3. The Morgan fingerprint density at radius 1 is 1.00 bits per heavy atom. The van der Waals surface area contributed by atoms with E-state index in [1.54, 1.807) is 0 Å². The van der Waals surface area contributed by atoms with Crippen LogP contribution in [0.4, 0.5) is 0 Å². The summed E-state index contributed by atoms with van der Waals surface area (Å²) in [5.41, 5.74) is 3.82. The summed E-state index contributed by atoms with van der Waals surface area (Å²) in [4.78, 5) is 2.52. The van der Waals surface area contributed by atoms with Crippen LogP contribution in [0.1, 0.15) is 36.0 Å². The highest BCUT2D eigenvalue weighted by atomic mass is 16.5. The lowest BCUT2D eigenvalue weighted by atomic mass is 10.1. The van der Waals surface area contributed by atoms with E-state index in [2.05, 4.69) is 37.8 Å². The number of hydrogen-bond acceptors (Lipinski definition) is 2. The maximum absolute atomic E-state index is 5.98. The minimum atomic E-state index is 0.810. The molecule has 18 heavy (non-hydrogen) atoms. The summed E-state index contributed by atoms with van der Waals surface area (Å²) in [7, 11) is 0. The summed E-state index contributed by atoms with van der Waals surface area (Å²) in [6.07, 6.45) is 4.10. The third-order valence-corrected chi connectivity index (χ3v) is 3.71. The first-order chi connectivity index (χ1) is 8.66. The lowest BCUT2D eigenvalue weighted by Crippen LogP contribution is -2.33. The molecule has 0 N–H and O–H groups in total. The summed E-state index contributed by atoms with van der Waals surface area (Å²) in [5, 5.41) is 0. The molecule has 0 spiro atoms. The van der Waals surface area contributed by atoms with E-state index < -0.39 is 0 Å². The monoisotopic (exact) mass is 247 g/mol. The summed E-state index contributed by atoms with van der Waals surface area (Å²) < 4.78 is 5.98. The minimum Gasteiger partial charge on any atom is -0.492 e. The highest BCUT2D eigenvalue weighted by Gasteiger charge is 2.10. The minimum absolute atomic E-state index is 0.810. The maximum Gasteiger partial charge on any atom is 0.125 e. The first-order valence-electron chi connectivity index (χ1n) is 7.10. The van der Waals surface area contributed by atoms with Crippen LogP contribution in [0.15, 0.2) is 12.1 Å². The number of hydrogen-bond donors (Lipinski definition) is 0. The van der Waals surface area contributed by atoms with E-state index in [1.165, 1.54) is 49.0 Å². The molecular formula is C16H25NO. The van der Waals surface area contributed by atoms with Gasteiger partial charge in [-0.15, -0.1) is 0 Å². The predicted octanol–water partition coefficient (Wildman–Crippen LogP) is 3.48. The van der Waals surface area contributed by atoms with Gasteiger partial charge in [-0.1, -0.05) is 24.1 Å². The van der Waals surface area contributed by atoms with Crippen molar-refractivity contribution >= 4 is 0 Å². The Hall–Kier alpha value is -1.02. The fourth-order valence-corrected chi connectivity index (χ4v) is 2.85. The van der Waals surface area contributed by atoms with Gasteiger partial charge in [0.25, 0.3) is 0 Å². The number of likely N-dealkylation sites (tertiary alicyclic amines) is 1. The van der Waals surface area contributed by atoms with Crippen molar-refractivity contribution in [3.8, 4) is 5.75 Å². The van der Waals surface area contributed by atoms with Gasteiger partial charge in [0.15, 0.2) is 0 Å². The van der Waals surface area contributed by atoms with Crippen molar-refractivity contribution in [2.75, 3.05) is 26.2 Å². The van der Waals surface area contributed by atoms with E-state index in [0.717, 1.165) is 18.9 Å².